The molecule has 0 spiro atoms. The second-order valence-electron chi connectivity index (χ2n) is 3.27. The standard InChI is InChI=1S/C9H16O2Si/c1-7(2)12-6-5-8(10-3)9(12)11-4/h5-7,12H,1-4H3. The first kappa shape index (κ1) is 9.39. The van der Waals surface area contributed by atoms with Crippen molar-refractivity contribution in [3.8, 4) is 0 Å². The van der Waals surface area contributed by atoms with Crippen LogP contribution in [0.25, 0.3) is 0 Å². The first-order valence-electron chi connectivity index (χ1n) is 4.21. The second kappa shape index (κ2) is 3.80. The quantitative estimate of drug-likeness (QED) is 0.622. The summed E-state index contributed by atoms with van der Waals surface area (Å²) in [6.45, 7) is 4.47. The van der Waals surface area contributed by atoms with Gasteiger partial charge in [0.15, 0.2) is 5.76 Å². The van der Waals surface area contributed by atoms with Crippen LogP contribution in [-0.4, -0.2) is 23.0 Å². The predicted octanol–water partition coefficient (Wildman–Crippen LogP) is 1.78. The van der Waals surface area contributed by atoms with Crippen molar-refractivity contribution in [2.24, 2.45) is 0 Å². The summed E-state index contributed by atoms with van der Waals surface area (Å²) in [4.78, 5) is 0. The smallest absolute Gasteiger partial charge is 0.150 e. The van der Waals surface area contributed by atoms with Gasteiger partial charge >= 0.3 is 0 Å². The number of methoxy groups -OCH3 is 2. The van der Waals surface area contributed by atoms with Gasteiger partial charge < -0.3 is 9.47 Å². The Labute approximate surface area is 75.5 Å². The van der Waals surface area contributed by atoms with Gasteiger partial charge in [0.25, 0.3) is 0 Å². The summed E-state index contributed by atoms with van der Waals surface area (Å²) in [6, 6.07) is 0. The summed E-state index contributed by atoms with van der Waals surface area (Å²) in [6.07, 6.45) is 2.04. The third-order valence-corrected chi connectivity index (χ3v) is 5.33. The maximum absolute atomic E-state index is 5.34. The maximum atomic E-state index is 5.34. The summed E-state index contributed by atoms with van der Waals surface area (Å²) in [5, 5.41) is 1.09. The van der Waals surface area contributed by atoms with Crippen molar-refractivity contribution in [2.75, 3.05) is 14.2 Å². The molecule has 0 aromatic carbocycles. The van der Waals surface area contributed by atoms with E-state index in [4.69, 9.17) is 9.47 Å². The zero-order chi connectivity index (χ0) is 9.14. The van der Waals surface area contributed by atoms with Crippen LogP contribution in [0.15, 0.2) is 22.9 Å². The van der Waals surface area contributed by atoms with Gasteiger partial charge in [-0.05, 0) is 11.6 Å². The van der Waals surface area contributed by atoms with E-state index in [0.29, 0.717) is 5.54 Å². The van der Waals surface area contributed by atoms with Crippen molar-refractivity contribution in [3.05, 3.63) is 22.9 Å². The summed E-state index contributed by atoms with van der Waals surface area (Å²) in [5.41, 5.74) is 2.96. The Morgan fingerprint density at radius 3 is 2.33 bits per heavy atom. The molecule has 1 heterocycles. The maximum Gasteiger partial charge on any atom is 0.150 e. The zero-order valence-corrected chi connectivity index (χ0v) is 9.28. The van der Waals surface area contributed by atoms with Gasteiger partial charge in [0.2, 0.25) is 0 Å². The Kier molecular flexibility index (Phi) is 2.97. The average Bonchev–Trinajstić information content (AvgIpc) is 2.46. The summed E-state index contributed by atoms with van der Waals surface area (Å²) < 4.78 is 10.5. The van der Waals surface area contributed by atoms with Crippen molar-refractivity contribution < 1.29 is 9.47 Å². The zero-order valence-electron chi connectivity index (χ0n) is 8.13. The lowest BCUT2D eigenvalue weighted by molar-refractivity contribution is 0.251. The fraction of sp³-hybridized carbons (Fsp3) is 0.556. The molecular formula is C9H16O2Si. The highest BCUT2D eigenvalue weighted by molar-refractivity contribution is 6.73. The molecule has 1 unspecified atom stereocenters. The van der Waals surface area contributed by atoms with E-state index in [-0.39, 0.29) is 0 Å². The van der Waals surface area contributed by atoms with Gasteiger partial charge in [0.1, 0.15) is 14.2 Å². The van der Waals surface area contributed by atoms with Crippen LogP contribution in [0.5, 0.6) is 0 Å². The molecular weight excluding hydrogens is 168 g/mol. The topological polar surface area (TPSA) is 18.5 Å². The van der Waals surface area contributed by atoms with Crippen molar-refractivity contribution in [1.82, 2.24) is 0 Å². The molecule has 1 rings (SSSR count). The number of hydrogen-bond acceptors (Lipinski definition) is 2. The predicted molar refractivity (Wildman–Crippen MR) is 52.4 cm³/mol. The van der Waals surface area contributed by atoms with E-state index >= 15 is 0 Å². The molecule has 0 saturated carbocycles. The minimum absolute atomic E-state index is 0.698. The molecule has 0 aliphatic carbocycles. The molecule has 1 aliphatic rings. The normalized spacial score (nSPS) is 22.2. The fourth-order valence-corrected chi connectivity index (χ4v) is 3.88. The van der Waals surface area contributed by atoms with Crippen molar-refractivity contribution in [2.45, 2.75) is 19.4 Å². The molecule has 0 bridgehead atoms. The third-order valence-electron chi connectivity index (χ3n) is 2.16. The van der Waals surface area contributed by atoms with Gasteiger partial charge in [-0.3, -0.25) is 0 Å². The van der Waals surface area contributed by atoms with Gasteiger partial charge in [0.05, 0.1) is 14.2 Å². The van der Waals surface area contributed by atoms with Gasteiger partial charge in [-0.2, -0.15) is 0 Å². The Morgan fingerprint density at radius 1 is 1.25 bits per heavy atom. The molecule has 0 N–H and O–H groups in total. The molecule has 2 nitrogen and oxygen atoms in total. The monoisotopic (exact) mass is 184 g/mol. The van der Waals surface area contributed by atoms with Crippen LogP contribution in [-0.2, 0) is 9.47 Å². The molecule has 1 atom stereocenters. The van der Waals surface area contributed by atoms with Crippen molar-refractivity contribution >= 4 is 8.80 Å². The van der Waals surface area contributed by atoms with Crippen LogP contribution in [0, 0.1) is 0 Å². The molecule has 12 heavy (non-hydrogen) atoms. The Hall–Kier alpha value is -0.703. The SMILES string of the molecule is COC1=C(OC)[SiH](C(C)C)C=C1. The molecule has 68 valence electrons. The van der Waals surface area contributed by atoms with E-state index in [1.807, 2.05) is 6.08 Å². The lowest BCUT2D eigenvalue weighted by Crippen LogP contribution is -2.17. The molecule has 0 aromatic heterocycles. The van der Waals surface area contributed by atoms with E-state index in [2.05, 4.69) is 19.5 Å². The van der Waals surface area contributed by atoms with Crippen LogP contribution >= 0.6 is 0 Å². The number of ether oxygens (including phenoxy) is 2. The van der Waals surface area contributed by atoms with E-state index in [9.17, 15) is 0 Å². The number of allylic oxidation sites excluding steroid dienone is 1. The van der Waals surface area contributed by atoms with Crippen LogP contribution < -0.4 is 0 Å². The molecule has 0 aromatic rings. The summed E-state index contributed by atoms with van der Waals surface area (Å²) in [7, 11) is 2.42. The number of hydrogen-bond donors (Lipinski definition) is 0. The molecule has 3 heteroatoms. The summed E-state index contributed by atoms with van der Waals surface area (Å²) >= 11 is 0. The Morgan fingerprint density at radius 2 is 1.92 bits per heavy atom. The van der Waals surface area contributed by atoms with Crippen molar-refractivity contribution in [1.29, 1.82) is 0 Å². The third kappa shape index (κ3) is 1.55. The molecule has 0 saturated heterocycles. The van der Waals surface area contributed by atoms with E-state index in [1.165, 1.54) is 0 Å². The highest BCUT2D eigenvalue weighted by Crippen LogP contribution is 2.26. The van der Waals surface area contributed by atoms with Crippen LogP contribution in [0.3, 0.4) is 0 Å². The fourth-order valence-electron chi connectivity index (χ4n) is 1.46. The minimum Gasteiger partial charge on any atom is -0.502 e. The van der Waals surface area contributed by atoms with Gasteiger partial charge in [-0.1, -0.05) is 19.5 Å². The van der Waals surface area contributed by atoms with Crippen LogP contribution in [0.1, 0.15) is 13.8 Å². The largest absolute Gasteiger partial charge is 0.502 e. The van der Waals surface area contributed by atoms with Gasteiger partial charge in [-0.25, -0.2) is 0 Å². The highest BCUT2D eigenvalue weighted by Gasteiger charge is 2.26. The molecule has 0 fully saturated rings. The highest BCUT2D eigenvalue weighted by atomic mass is 28.3. The van der Waals surface area contributed by atoms with E-state index < -0.39 is 8.80 Å². The minimum atomic E-state index is -0.993. The lowest BCUT2D eigenvalue weighted by Gasteiger charge is -2.15. The second-order valence-corrected chi connectivity index (χ2v) is 6.56. The summed E-state index contributed by atoms with van der Waals surface area (Å²) in [5.74, 6) is 0.919. The first-order valence-corrected chi connectivity index (χ1v) is 6.12. The Balaban J connectivity index is 2.83. The van der Waals surface area contributed by atoms with Crippen LogP contribution in [0.2, 0.25) is 5.54 Å². The van der Waals surface area contributed by atoms with Crippen LogP contribution in [0.4, 0.5) is 0 Å². The molecule has 0 radical (unpaired) electrons. The first-order chi connectivity index (χ1) is 5.70. The average molecular weight is 184 g/mol. The van der Waals surface area contributed by atoms with E-state index in [1.54, 1.807) is 14.2 Å². The molecule has 1 aliphatic heterocycles. The molecule has 0 amide bonds. The number of rotatable bonds is 3. The van der Waals surface area contributed by atoms with Gasteiger partial charge in [-0.15, -0.1) is 0 Å². The van der Waals surface area contributed by atoms with Crippen molar-refractivity contribution in [3.63, 3.8) is 0 Å². The Bertz CT molecular complexity index is 219. The lowest BCUT2D eigenvalue weighted by atomic mass is 10.5. The van der Waals surface area contributed by atoms with Gasteiger partial charge in [0, 0.05) is 0 Å². The van der Waals surface area contributed by atoms with E-state index in [0.717, 1.165) is 11.1 Å².